The van der Waals surface area contributed by atoms with E-state index in [1.54, 1.807) is 12.5 Å². The second-order valence-corrected chi connectivity index (χ2v) is 6.09. The second-order valence-electron chi connectivity index (χ2n) is 6.09. The van der Waals surface area contributed by atoms with Crippen LogP contribution < -0.4 is 5.32 Å². The molecular formula is C16H25NO3. The Morgan fingerprint density at radius 2 is 2.20 bits per heavy atom. The van der Waals surface area contributed by atoms with Crippen LogP contribution >= 0.6 is 0 Å². The molecule has 20 heavy (non-hydrogen) atoms. The first kappa shape index (κ1) is 15.1. The molecule has 0 unspecified atom stereocenters. The average molecular weight is 279 g/mol. The van der Waals surface area contributed by atoms with Crippen LogP contribution in [0.1, 0.15) is 51.0 Å². The second kappa shape index (κ2) is 6.93. The van der Waals surface area contributed by atoms with Gasteiger partial charge in [0, 0.05) is 6.42 Å². The van der Waals surface area contributed by atoms with Crippen molar-refractivity contribution in [1.29, 1.82) is 0 Å². The minimum absolute atomic E-state index is 0.00771. The van der Waals surface area contributed by atoms with E-state index in [1.807, 2.05) is 13.0 Å². The highest BCUT2D eigenvalue weighted by molar-refractivity contribution is 5.77. The summed E-state index contributed by atoms with van der Waals surface area (Å²) >= 11 is 0. The summed E-state index contributed by atoms with van der Waals surface area (Å²) in [6, 6.07) is 1.87. The zero-order valence-corrected chi connectivity index (χ0v) is 12.2. The number of aliphatic hydroxyl groups excluding tert-OH is 1. The molecule has 1 amide bonds. The maximum atomic E-state index is 12.1. The minimum Gasteiger partial charge on any atom is -0.472 e. The van der Waals surface area contributed by atoms with Crippen LogP contribution in [0.2, 0.25) is 0 Å². The molecule has 1 saturated carbocycles. The van der Waals surface area contributed by atoms with Crippen molar-refractivity contribution in [3.8, 4) is 0 Å². The molecule has 0 radical (unpaired) electrons. The lowest BCUT2D eigenvalue weighted by atomic mass is 9.76. The average Bonchev–Trinajstić information content (AvgIpc) is 2.99. The highest BCUT2D eigenvalue weighted by atomic mass is 16.3. The quantitative estimate of drug-likeness (QED) is 0.841. The fraction of sp³-hybridized carbons (Fsp3) is 0.688. The first-order valence-corrected chi connectivity index (χ1v) is 7.57. The number of rotatable bonds is 6. The van der Waals surface area contributed by atoms with Crippen LogP contribution in [-0.4, -0.2) is 23.2 Å². The molecule has 0 saturated heterocycles. The SMILES string of the molecule is C[C@@](CO)(NC(=O)CCc1ccoc1)C1CCCCC1. The van der Waals surface area contributed by atoms with Crippen molar-refractivity contribution in [2.24, 2.45) is 5.92 Å². The van der Waals surface area contributed by atoms with E-state index >= 15 is 0 Å². The number of nitrogens with one attached hydrogen (secondary N) is 1. The molecule has 1 aliphatic rings. The summed E-state index contributed by atoms with van der Waals surface area (Å²) in [5.41, 5.74) is 0.553. The minimum atomic E-state index is -0.478. The van der Waals surface area contributed by atoms with Crippen LogP contribution in [0.3, 0.4) is 0 Å². The molecule has 0 aromatic carbocycles. The first-order chi connectivity index (χ1) is 9.64. The molecule has 112 valence electrons. The van der Waals surface area contributed by atoms with Crippen LogP contribution in [0.4, 0.5) is 0 Å². The number of aliphatic hydroxyl groups is 1. The van der Waals surface area contributed by atoms with Gasteiger partial charge in [-0.25, -0.2) is 0 Å². The van der Waals surface area contributed by atoms with Gasteiger partial charge in [0.05, 0.1) is 24.7 Å². The number of hydrogen-bond donors (Lipinski definition) is 2. The lowest BCUT2D eigenvalue weighted by Gasteiger charge is -2.39. The van der Waals surface area contributed by atoms with Gasteiger partial charge in [0.25, 0.3) is 0 Å². The third-order valence-electron chi connectivity index (χ3n) is 4.48. The normalized spacial score (nSPS) is 19.5. The van der Waals surface area contributed by atoms with Crippen LogP contribution in [0.5, 0.6) is 0 Å². The fourth-order valence-corrected chi connectivity index (χ4v) is 3.08. The van der Waals surface area contributed by atoms with Gasteiger partial charge in [-0.2, -0.15) is 0 Å². The van der Waals surface area contributed by atoms with Crippen LogP contribution in [-0.2, 0) is 11.2 Å². The van der Waals surface area contributed by atoms with Crippen molar-refractivity contribution in [3.05, 3.63) is 24.2 Å². The summed E-state index contributed by atoms with van der Waals surface area (Å²) < 4.78 is 4.99. The number of carbonyl (C=O) groups excluding carboxylic acids is 1. The number of aryl methyl sites for hydroxylation is 1. The standard InChI is InChI=1S/C16H25NO3/c1-16(12-18,14-5-3-2-4-6-14)17-15(19)8-7-13-9-10-20-11-13/h9-11,14,18H,2-8,12H2,1H3,(H,17,19)/t16-/m0/s1. The summed E-state index contributed by atoms with van der Waals surface area (Å²) in [7, 11) is 0. The lowest BCUT2D eigenvalue weighted by molar-refractivity contribution is -0.124. The molecule has 1 aromatic heterocycles. The van der Waals surface area contributed by atoms with Gasteiger partial charge in [0.2, 0.25) is 5.91 Å². The van der Waals surface area contributed by atoms with Gasteiger partial charge in [-0.05, 0) is 43.7 Å². The Hall–Kier alpha value is -1.29. The predicted molar refractivity (Wildman–Crippen MR) is 77.2 cm³/mol. The molecule has 0 bridgehead atoms. The van der Waals surface area contributed by atoms with Crippen LogP contribution in [0.15, 0.2) is 23.0 Å². The molecule has 4 nitrogen and oxygen atoms in total. The Labute approximate surface area is 120 Å². The van der Waals surface area contributed by atoms with Crippen molar-refractivity contribution >= 4 is 5.91 Å². The van der Waals surface area contributed by atoms with Crippen molar-refractivity contribution < 1.29 is 14.3 Å². The van der Waals surface area contributed by atoms with Crippen molar-refractivity contribution in [2.75, 3.05) is 6.61 Å². The highest BCUT2D eigenvalue weighted by Crippen LogP contribution is 2.32. The molecule has 2 N–H and O–H groups in total. The van der Waals surface area contributed by atoms with Gasteiger partial charge >= 0.3 is 0 Å². The monoisotopic (exact) mass is 279 g/mol. The molecular weight excluding hydrogens is 254 g/mol. The van der Waals surface area contributed by atoms with E-state index in [2.05, 4.69) is 5.32 Å². The third kappa shape index (κ3) is 3.85. The number of amides is 1. The summed E-state index contributed by atoms with van der Waals surface area (Å²) in [5, 5.41) is 12.8. The van der Waals surface area contributed by atoms with Gasteiger partial charge in [-0.1, -0.05) is 19.3 Å². The highest BCUT2D eigenvalue weighted by Gasteiger charge is 2.35. The van der Waals surface area contributed by atoms with Crippen molar-refractivity contribution in [3.63, 3.8) is 0 Å². The van der Waals surface area contributed by atoms with E-state index in [-0.39, 0.29) is 12.5 Å². The zero-order chi connectivity index (χ0) is 14.4. The van der Waals surface area contributed by atoms with Crippen molar-refractivity contribution in [1.82, 2.24) is 5.32 Å². The number of carbonyl (C=O) groups is 1. The van der Waals surface area contributed by atoms with E-state index in [0.29, 0.717) is 18.8 Å². The topological polar surface area (TPSA) is 62.5 Å². The molecule has 1 heterocycles. The molecule has 0 spiro atoms. The number of hydrogen-bond acceptors (Lipinski definition) is 3. The third-order valence-corrected chi connectivity index (χ3v) is 4.48. The Morgan fingerprint density at radius 1 is 1.45 bits per heavy atom. The molecule has 0 aliphatic heterocycles. The summed E-state index contributed by atoms with van der Waals surface area (Å²) in [6.45, 7) is 1.98. The summed E-state index contributed by atoms with van der Waals surface area (Å²) in [6.07, 6.45) is 10.3. The summed E-state index contributed by atoms with van der Waals surface area (Å²) in [5.74, 6) is 0.396. The first-order valence-electron chi connectivity index (χ1n) is 7.57. The lowest BCUT2D eigenvalue weighted by Crippen LogP contribution is -2.54. The zero-order valence-electron chi connectivity index (χ0n) is 12.2. The Morgan fingerprint density at radius 3 is 2.80 bits per heavy atom. The van der Waals surface area contributed by atoms with Gasteiger partial charge < -0.3 is 14.8 Å². The molecule has 1 atom stereocenters. The smallest absolute Gasteiger partial charge is 0.220 e. The summed E-state index contributed by atoms with van der Waals surface area (Å²) in [4.78, 5) is 12.1. The Bertz CT molecular complexity index is 409. The van der Waals surface area contributed by atoms with E-state index in [0.717, 1.165) is 18.4 Å². The van der Waals surface area contributed by atoms with Crippen LogP contribution in [0.25, 0.3) is 0 Å². The van der Waals surface area contributed by atoms with E-state index in [9.17, 15) is 9.90 Å². The maximum absolute atomic E-state index is 12.1. The van der Waals surface area contributed by atoms with Gasteiger partial charge in [0.1, 0.15) is 0 Å². The fourth-order valence-electron chi connectivity index (χ4n) is 3.08. The van der Waals surface area contributed by atoms with E-state index in [4.69, 9.17) is 4.42 Å². The molecule has 1 aliphatic carbocycles. The van der Waals surface area contributed by atoms with Crippen LogP contribution in [0, 0.1) is 5.92 Å². The van der Waals surface area contributed by atoms with Gasteiger partial charge in [-0.3, -0.25) is 4.79 Å². The Kier molecular flexibility index (Phi) is 5.24. The largest absolute Gasteiger partial charge is 0.472 e. The van der Waals surface area contributed by atoms with Gasteiger partial charge in [0.15, 0.2) is 0 Å². The molecule has 1 aromatic rings. The number of furan rings is 1. The van der Waals surface area contributed by atoms with E-state index in [1.165, 1.54) is 19.3 Å². The van der Waals surface area contributed by atoms with Gasteiger partial charge in [-0.15, -0.1) is 0 Å². The molecule has 2 rings (SSSR count). The Balaban J connectivity index is 1.86. The molecule has 4 heteroatoms. The predicted octanol–water partition coefficient (Wildman–Crippen LogP) is 2.66. The maximum Gasteiger partial charge on any atom is 0.220 e. The van der Waals surface area contributed by atoms with Crippen molar-refractivity contribution in [2.45, 2.75) is 57.4 Å². The molecule has 1 fully saturated rings. The van der Waals surface area contributed by atoms with E-state index < -0.39 is 5.54 Å².